The number of Topliss-reactive ketones (excluding diaryl/α,β-unsaturated/α-hetero) is 2. The van der Waals surface area contributed by atoms with E-state index in [1.165, 1.54) is 47.0 Å². The fraction of sp³-hybridized carbons (Fsp3) is 0.340. The maximum absolute atomic E-state index is 14.2. The third-order valence-corrected chi connectivity index (χ3v) is 18.7. The number of anilines is 1. The first-order chi connectivity index (χ1) is 31.1. The second kappa shape index (κ2) is 19.1. The molecule has 0 fully saturated rings. The summed E-state index contributed by atoms with van der Waals surface area (Å²) in [6.45, 7) is 1.19. The summed E-state index contributed by atoms with van der Waals surface area (Å²) in [4.78, 5) is 67.3. The number of phenolic OH excluding ortho intramolecular Hbond substituents is 1. The molecule has 0 heterocycles. The summed E-state index contributed by atoms with van der Waals surface area (Å²) in [6, 6.07) is 33.8. The number of hydrogen-bond donors (Lipinski definition) is 8. The van der Waals surface area contributed by atoms with Crippen LogP contribution < -0.4 is 32.3 Å². The molecule has 9 N–H and O–H groups in total. The number of carbonyl (C=O) groups excluding carboxylic acids is 5. The number of unbranched alkanes of at least 4 members (excludes halogenated alkanes) is 4. The van der Waals surface area contributed by atoms with Gasteiger partial charge in [0.2, 0.25) is 5.78 Å². The smallest absolute Gasteiger partial charge is 0.255 e. The number of hydrogen-bond acceptors (Lipinski definition) is 11. The molecule has 0 aliphatic heterocycles. The topological polar surface area (TPSA) is 240 Å². The number of rotatable bonds is 16. The average molecular weight is 905 g/mol. The Balaban J connectivity index is 0.957. The number of likely N-dealkylation sites (N-methyl/N-ethyl adjacent to an activating group) is 1. The Hall–Kier alpha value is -6.18. The van der Waals surface area contributed by atoms with Crippen LogP contribution in [-0.4, -0.2) is 104 Å². The van der Waals surface area contributed by atoms with Crippen LogP contribution in [0.4, 0.5) is 5.69 Å². The molecule has 0 bridgehead atoms. The number of primary amides is 1. The number of nitrogens with zero attached hydrogens (tertiary/aromatic N) is 1. The Morgan fingerprint density at radius 2 is 1.31 bits per heavy atom. The number of aromatic hydroxyl groups is 1. The van der Waals surface area contributed by atoms with Gasteiger partial charge >= 0.3 is 197 Å². The van der Waals surface area contributed by atoms with Gasteiger partial charge in [-0.25, -0.2) is 0 Å². The number of aliphatic hydroxyl groups is 4. The summed E-state index contributed by atoms with van der Waals surface area (Å²) >= 11 is 0. The number of benzene rings is 4. The van der Waals surface area contributed by atoms with Crippen LogP contribution in [0, 0.1) is 11.8 Å². The number of fused-ring (bicyclic) bond motifs is 3. The van der Waals surface area contributed by atoms with E-state index in [4.69, 9.17) is 5.73 Å². The molecule has 3 aliphatic carbocycles. The van der Waals surface area contributed by atoms with Gasteiger partial charge in [0.05, 0.1) is 29.3 Å². The number of ketones is 2. The summed E-state index contributed by atoms with van der Waals surface area (Å²) < 4.78 is 0. The summed E-state index contributed by atoms with van der Waals surface area (Å²) in [5.41, 5.74) is 0.512. The minimum absolute atomic E-state index is 0.181. The van der Waals surface area contributed by atoms with Crippen molar-refractivity contribution in [2.24, 2.45) is 17.6 Å². The first-order valence-corrected chi connectivity index (χ1v) is 24.2. The zero-order valence-electron chi connectivity index (χ0n) is 36.7. The Morgan fingerprint density at radius 1 is 0.769 bits per heavy atom. The van der Waals surface area contributed by atoms with Gasteiger partial charge in [0.25, 0.3) is 5.91 Å². The molecule has 6 atom stereocenters. The van der Waals surface area contributed by atoms with E-state index < -0.39 is 101 Å². The molecule has 3 amide bonds. The molecule has 0 spiro atoms. The van der Waals surface area contributed by atoms with Crippen LogP contribution in [0.5, 0.6) is 5.75 Å². The van der Waals surface area contributed by atoms with Gasteiger partial charge in [-0.15, -0.1) is 0 Å². The van der Waals surface area contributed by atoms with E-state index >= 15 is 0 Å². The molecule has 4 aromatic carbocycles. The van der Waals surface area contributed by atoms with Crippen LogP contribution in [0.25, 0.3) is 0 Å². The summed E-state index contributed by atoms with van der Waals surface area (Å²) in [6.07, 6.45) is 3.97. The van der Waals surface area contributed by atoms with Crippen molar-refractivity contribution < 1.29 is 49.5 Å². The predicted octanol–water partition coefficient (Wildman–Crippen LogP) is 3.77. The van der Waals surface area contributed by atoms with Gasteiger partial charge in [-0.1, -0.05) is 13.0 Å². The van der Waals surface area contributed by atoms with Crippen molar-refractivity contribution in [3.05, 3.63) is 137 Å². The average Bonchev–Trinajstić information content (AvgIpc) is 3.29. The van der Waals surface area contributed by atoms with E-state index in [1.807, 2.05) is 0 Å². The van der Waals surface area contributed by atoms with E-state index in [1.54, 1.807) is 6.92 Å². The number of aliphatic hydroxyl groups excluding tert-OH is 3. The molecule has 3 aliphatic rings. The summed E-state index contributed by atoms with van der Waals surface area (Å²) in [5, 5.41) is 67.0. The SMILES string of the molecule is C[C@H]1c2ccc(NC(=O)CNC(=O)CCCCCCC[PH](c3ccccc3)(c3ccccc3)c3ccccc3)c(O)c2C(=O)C2=C(O)[C@]3(O)C(=O)C(C(N)=O)=C(O)[C@@H](N(C)C)[C@@H]3[C@@H](O)[C@@H]21. The molecular weight excluding hydrogens is 848 g/mol. The van der Waals surface area contributed by atoms with Gasteiger partial charge in [-0.2, -0.15) is 0 Å². The Morgan fingerprint density at radius 3 is 1.85 bits per heavy atom. The van der Waals surface area contributed by atoms with Gasteiger partial charge in [-0.05, 0) is 31.6 Å². The monoisotopic (exact) mass is 904 g/mol. The maximum atomic E-state index is 14.2. The zero-order valence-corrected chi connectivity index (χ0v) is 37.7. The van der Waals surface area contributed by atoms with Gasteiger partial charge in [0, 0.05) is 11.5 Å². The Kier molecular flexibility index (Phi) is 13.8. The van der Waals surface area contributed by atoms with E-state index in [-0.39, 0.29) is 29.1 Å². The fourth-order valence-corrected chi connectivity index (χ4v) is 15.4. The first-order valence-electron chi connectivity index (χ1n) is 22.0. The second-order valence-corrected chi connectivity index (χ2v) is 21.6. The van der Waals surface area contributed by atoms with Crippen LogP contribution >= 0.6 is 7.26 Å². The molecule has 15 heteroatoms. The van der Waals surface area contributed by atoms with Gasteiger partial charge in [0.15, 0.2) is 17.1 Å². The maximum Gasteiger partial charge on any atom is 0.255 e. The van der Waals surface area contributed by atoms with Gasteiger partial charge in [-0.3, -0.25) is 19.3 Å². The van der Waals surface area contributed by atoms with Gasteiger partial charge < -0.3 is 31.3 Å². The molecule has 0 radical (unpaired) electrons. The molecule has 7 rings (SSSR count). The van der Waals surface area contributed by atoms with Crippen LogP contribution in [0.2, 0.25) is 0 Å². The molecule has 0 unspecified atom stereocenters. The fourth-order valence-electron chi connectivity index (χ4n) is 10.5. The third kappa shape index (κ3) is 8.36. The summed E-state index contributed by atoms with van der Waals surface area (Å²) in [7, 11) is 0.610. The number of carbonyl (C=O) groups is 5. The molecule has 65 heavy (non-hydrogen) atoms. The van der Waals surface area contributed by atoms with Crippen molar-refractivity contribution in [2.75, 3.05) is 32.1 Å². The molecule has 0 saturated heterocycles. The van der Waals surface area contributed by atoms with Crippen LogP contribution in [-0.2, 0) is 19.2 Å². The van der Waals surface area contributed by atoms with Crippen LogP contribution in [0.3, 0.4) is 0 Å². The standard InChI is InChI=1S/C50H57N4O10P/c1-29-33-25-26-34(43(57)38(33)44(58)39-37(29)45(59)41-42(54(2)3)46(60)40(49(51)63)48(62)50(41,64)47(39)61)53-36(56)28-52-35(55)24-16-5-4-6-17-27-65(30-18-10-7-11-19-30,31-20-12-8-13-21-31)32-22-14-9-15-23-32/h7-15,18-23,25-26,29,37,41-42,45,57,59-61,64-65H,4-6,16-17,24,27-28H2,1-3H3,(H2,51,63)(H,52,55)(H,53,56)/t29-,37+,41+,42-,45-,50-/m0/s1. The van der Waals surface area contributed by atoms with Crippen molar-refractivity contribution >= 4 is 58.2 Å². The number of phenols is 1. The van der Waals surface area contributed by atoms with E-state index in [0.29, 0.717) is 6.42 Å². The predicted molar refractivity (Wildman–Crippen MR) is 251 cm³/mol. The van der Waals surface area contributed by atoms with Crippen LogP contribution in [0.1, 0.15) is 67.3 Å². The van der Waals surface area contributed by atoms with Crippen molar-refractivity contribution in [2.45, 2.75) is 69.1 Å². The molecular formula is C50H57N4O10P. The van der Waals surface area contributed by atoms with E-state index in [2.05, 4.69) is 102 Å². The quantitative estimate of drug-likeness (QED) is 0.0349. The minimum atomic E-state index is -3.05. The summed E-state index contributed by atoms with van der Waals surface area (Å²) in [5.74, 6) is -11.2. The number of nitrogens with one attached hydrogen (secondary N) is 2. The molecule has 342 valence electrons. The molecule has 0 saturated carbocycles. The number of amides is 3. The minimum Gasteiger partial charge on any atom is -0.510 e. The van der Waals surface area contributed by atoms with Crippen molar-refractivity contribution in [3.8, 4) is 5.75 Å². The Labute approximate surface area is 378 Å². The molecule has 14 nitrogen and oxygen atoms in total. The van der Waals surface area contributed by atoms with E-state index in [0.717, 1.165) is 31.8 Å². The third-order valence-electron chi connectivity index (χ3n) is 13.6. The molecule has 0 aromatic heterocycles. The normalized spacial score (nSPS) is 23.1. The molecule has 4 aromatic rings. The number of nitrogens with two attached hydrogens (primary N) is 1. The Bertz CT molecular complexity index is 2450. The van der Waals surface area contributed by atoms with Gasteiger partial charge in [0.1, 0.15) is 17.1 Å². The van der Waals surface area contributed by atoms with Crippen molar-refractivity contribution in [1.29, 1.82) is 0 Å². The van der Waals surface area contributed by atoms with Crippen molar-refractivity contribution in [1.82, 2.24) is 10.2 Å². The first kappa shape index (κ1) is 46.8. The van der Waals surface area contributed by atoms with Crippen LogP contribution in [0.15, 0.2) is 126 Å². The second-order valence-electron chi connectivity index (χ2n) is 17.6. The largest absolute Gasteiger partial charge is 0.510 e. The van der Waals surface area contributed by atoms with E-state index in [9.17, 15) is 49.5 Å². The van der Waals surface area contributed by atoms with Crippen molar-refractivity contribution in [3.63, 3.8) is 0 Å². The zero-order chi connectivity index (χ0) is 46.8.